The summed E-state index contributed by atoms with van der Waals surface area (Å²) in [5.41, 5.74) is 3.32. The molecule has 0 radical (unpaired) electrons. The predicted molar refractivity (Wildman–Crippen MR) is 124 cm³/mol. The zero-order valence-corrected chi connectivity index (χ0v) is 19.7. The Morgan fingerprint density at radius 1 is 1.07 bits per heavy atom. The van der Waals surface area contributed by atoms with Crippen molar-refractivity contribution in [2.45, 2.75) is 110 Å². The number of aliphatic hydroxyl groups excluding tert-OH is 2. The fourth-order valence-electron chi connectivity index (χ4n) is 7.67. The van der Waals surface area contributed by atoms with Gasteiger partial charge in [-0.25, -0.2) is 0 Å². The van der Waals surface area contributed by atoms with E-state index >= 15 is 0 Å². The van der Waals surface area contributed by atoms with E-state index in [9.17, 15) is 10.2 Å². The lowest BCUT2D eigenvalue weighted by Crippen LogP contribution is -2.44. The fraction of sp³-hybridized carbons (Fsp3) is 0.852. The maximum absolute atomic E-state index is 10.0. The third kappa shape index (κ3) is 4.74. The average Bonchev–Trinajstić information content (AvgIpc) is 3.05. The number of allylic oxidation sites excluding steroid dienone is 3. The molecule has 3 heteroatoms. The van der Waals surface area contributed by atoms with Crippen LogP contribution < -0.4 is 0 Å². The van der Waals surface area contributed by atoms with Crippen molar-refractivity contribution in [3.8, 4) is 0 Å². The second-order valence-corrected chi connectivity index (χ2v) is 11.4. The van der Waals surface area contributed by atoms with Crippen molar-refractivity contribution in [1.29, 1.82) is 0 Å². The number of rotatable bonds is 4. The lowest BCUT2D eigenvalue weighted by Gasteiger charge is -2.46. The number of nitrogens with zero attached hydrogens (tertiary/aromatic N) is 1. The van der Waals surface area contributed by atoms with Crippen LogP contribution in [0.2, 0.25) is 0 Å². The van der Waals surface area contributed by atoms with Crippen LogP contribution in [0.5, 0.6) is 0 Å². The molecular formula is C27H45NO2. The highest BCUT2D eigenvalue weighted by Crippen LogP contribution is 2.59. The van der Waals surface area contributed by atoms with Crippen LogP contribution in [0.25, 0.3) is 0 Å². The minimum atomic E-state index is -0.371. The van der Waals surface area contributed by atoms with E-state index < -0.39 is 0 Å². The first-order chi connectivity index (χ1) is 14.4. The van der Waals surface area contributed by atoms with Crippen LogP contribution in [0.15, 0.2) is 23.3 Å². The summed E-state index contributed by atoms with van der Waals surface area (Å²) < 4.78 is 0. The first-order valence-electron chi connectivity index (χ1n) is 12.9. The monoisotopic (exact) mass is 415 g/mol. The Balaban J connectivity index is 1.45. The molecule has 1 unspecified atom stereocenters. The molecule has 3 saturated carbocycles. The Kier molecular flexibility index (Phi) is 7.11. The summed E-state index contributed by atoms with van der Waals surface area (Å²) in [7, 11) is 0. The van der Waals surface area contributed by atoms with Crippen LogP contribution in [0.3, 0.4) is 0 Å². The molecule has 170 valence electrons. The summed E-state index contributed by atoms with van der Waals surface area (Å²) in [5, 5.41) is 20.0. The molecular weight excluding hydrogens is 370 g/mol. The van der Waals surface area contributed by atoms with Gasteiger partial charge in [0.05, 0.1) is 12.2 Å². The molecule has 0 amide bonds. The van der Waals surface area contributed by atoms with Gasteiger partial charge in [-0.3, -0.25) is 0 Å². The fourth-order valence-corrected chi connectivity index (χ4v) is 7.67. The molecule has 0 spiro atoms. The number of fused-ring (bicyclic) bond motifs is 1. The zero-order chi connectivity index (χ0) is 21.3. The molecule has 0 aromatic rings. The number of piperidine rings is 1. The molecule has 7 atom stereocenters. The first-order valence-corrected chi connectivity index (χ1v) is 12.9. The number of likely N-dealkylation sites (tertiary alicyclic amines) is 1. The van der Waals surface area contributed by atoms with Crippen molar-refractivity contribution < 1.29 is 10.2 Å². The Hall–Kier alpha value is -0.640. The van der Waals surface area contributed by atoms with E-state index in [1.165, 1.54) is 70.0 Å². The van der Waals surface area contributed by atoms with Crippen LogP contribution in [-0.2, 0) is 0 Å². The van der Waals surface area contributed by atoms with Crippen LogP contribution in [0.4, 0.5) is 0 Å². The van der Waals surface area contributed by atoms with Crippen LogP contribution in [0.1, 0.15) is 91.4 Å². The lowest BCUT2D eigenvalue weighted by molar-refractivity contribution is 0.0594. The van der Waals surface area contributed by atoms with Gasteiger partial charge in [0.15, 0.2) is 0 Å². The van der Waals surface area contributed by atoms with E-state index in [1.807, 2.05) is 0 Å². The molecule has 0 aromatic carbocycles. The largest absolute Gasteiger partial charge is 0.393 e. The van der Waals surface area contributed by atoms with Crippen molar-refractivity contribution in [3.05, 3.63) is 23.3 Å². The van der Waals surface area contributed by atoms with Gasteiger partial charge in [0.2, 0.25) is 0 Å². The number of hydrogen-bond donors (Lipinski definition) is 2. The second-order valence-electron chi connectivity index (χ2n) is 11.4. The molecule has 30 heavy (non-hydrogen) atoms. The first kappa shape index (κ1) is 22.6. The standard InChI is InChI=1S/C27H45NO2/c1-19(18-28-14-5-4-7-20(28)2)25-11-12-26-22(8-6-13-27(25,26)3)10-9-21-15-23(29)17-24(30)16-21/h9-10,19-20,23-26,29-30H,4-8,11-18H2,1-3H3/b22-10+/t19?,20-,23-,24-,25-,26+,27-/m1/s1. The second kappa shape index (κ2) is 9.46. The third-order valence-electron chi connectivity index (χ3n) is 9.26. The van der Waals surface area contributed by atoms with Crippen molar-refractivity contribution in [2.24, 2.45) is 23.2 Å². The highest BCUT2D eigenvalue weighted by Gasteiger charge is 2.50. The minimum absolute atomic E-state index is 0.371. The van der Waals surface area contributed by atoms with Gasteiger partial charge in [-0.1, -0.05) is 43.6 Å². The predicted octanol–water partition coefficient (Wildman–Crippen LogP) is 5.47. The van der Waals surface area contributed by atoms with Crippen molar-refractivity contribution >= 4 is 0 Å². The van der Waals surface area contributed by atoms with Crippen molar-refractivity contribution in [1.82, 2.24) is 4.90 Å². The molecule has 3 nitrogen and oxygen atoms in total. The summed E-state index contributed by atoms with van der Waals surface area (Å²) >= 11 is 0. The van der Waals surface area contributed by atoms with Gasteiger partial charge < -0.3 is 15.1 Å². The molecule has 1 saturated heterocycles. The lowest BCUT2D eigenvalue weighted by atomic mass is 9.61. The van der Waals surface area contributed by atoms with Gasteiger partial charge in [0.1, 0.15) is 0 Å². The highest BCUT2D eigenvalue weighted by atomic mass is 16.3. The van der Waals surface area contributed by atoms with E-state index in [2.05, 4.69) is 37.8 Å². The Labute approximate surface area is 184 Å². The molecule has 1 heterocycles. The Morgan fingerprint density at radius 2 is 1.83 bits per heavy atom. The van der Waals surface area contributed by atoms with Gasteiger partial charge in [0.25, 0.3) is 0 Å². The van der Waals surface area contributed by atoms with Gasteiger partial charge in [-0.15, -0.1) is 0 Å². The summed E-state index contributed by atoms with van der Waals surface area (Å²) in [5.74, 6) is 2.35. The van der Waals surface area contributed by atoms with Gasteiger partial charge in [0, 0.05) is 12.6 Å². The molecule has 3 aliphatic carbocycles. The zero-order valence-electron chi connectivity index (χ0n) is 19.7. The average molecular weight is 416 g/mol. The van der Waals surface area contributed by atoms with Crippen LogP contribution in [-0.4, -0.2) is 46.5 Å². The smallest absolute Gasteiger partial charge is 0.0602 e. The molecule has 0 aromatic heterocycles. The quantitative estimate of drug-likeness (QED) is 0.640. The van der Waals surface area contributed by atoms with Crippen molar-refractivity contribution in [2.75, 3.05) is 13.1 Å². The molecule has 4 fully saturated rings. The summed E-state index contributed by atoms with van der Waals surface area (Å²) in [6, 6.07) is 0.765. The summed E-state index contributed by atoms with van der Waals surface area (Å²) in [6.07, 6.45) is 16.7. The van der Waals surface area contributed by atoms with E-state index in [1.54, 1.807) is 5.57 Å². The Morgan fingerprint density at radius 3 is 2.57 bits per heavy atom. The maximum atomic E-state index is 10.0. The molecule has 1 aliphatic heterocycles. The van der Waals surface area contributed by atoms with E-state index in [-0.39, 0.29) is 12.2 Å². The highest BCUT2D eigenvalue weighted by molar-refractivity contribution is 5.26. The van der Waals surface area contributed by atoms with Gasteiger partial charge >= 0.3 is 0 Å². The van der Waals surface area contributed by atoms with E-state index in [0.717, 1.165) is 36.6 Å². The number of hydrogen-bond acceptors (Lipinski definition) is 3. The third-order valence-corrected chi connectivity index (χ3v) is 9.26. The normalized spacial score (nSPS) is 42.9. The summed E-state index contributed by atoms with van der Waals surface area (Å²) in [4.78, 5) is 2.77. The van der Waals surface area contributed by atoms with E-state index in [4.69, 9.17) is 0 Å². The molecule has 2 N–H and O–H groups in total. The van der Waals surface area contributed by atoms with Gasteiger partial charge in [-0.2, -0.15) is 0 Å². The summed E-state index contributed by atoms with van der Waals surface area (Å²) in [6.45, 7) is 10.1. The Bertz CT molecular complexity index is 643. The SMILES string of the molecule is CC(CN1CCCC[C@H]1C)[C@H]1CC[C@H]2/C(=C/C=C3C[C@@H](O)C[C@H](O)C3)CCC[C@]12C. The van der Waals surface area contributed by atoms with Gasteiger partial charge in [-0.05, 0) is 101 Å². The van der Waals surface area contributed by atoms with E-state index in [0.29, 0.717) is 11.8 Å². The van der Waals surface area contributed by atoms with Crippen LogP contribution >= 0.6 is 0 Å². The van der Waals surface area contributed by atoms with Crippen molar-refractivity contribution in [3.63, 3.8) is 0 Å². The molecule has 0 bridgehead atoms. The maximum Gasteiger partial charge on any atom is 0.0602 e. The minimum Gasteiger partial charge on any atom is -0.393 e. The number of aliphatic hydroxyl groups is 2. The molecule has 4 rings (SSSR count). The van der Waals surface area contributed by atoms with Crippen LogP contribution in [0, 0.1) is 23.2 Å². The topological polar surface area (TPSA) is 43.7 Å². The molecule has 4 aliphatic rings.